The summed E-state index contributed by atoms with van der Waals surface area (Å²) in [6, 6.07) is 16.4. The summed E-state index contributed by atoms with van der Waals surface area (Å²) in [6.07, 6.45) is 0. The van der Waals surface area contributed by atoms with Crippen LogP contribution in [0, 0.1) is 13.8 Å². The zero-order chi connectivity index (χ0) is 18.5. The third-order valence-corrected chi connectivity index (χ3v) is 3.79. The molecule has 0 atom stereocenters. The summed E-state index contributed by atoms with van der Waals surface area (Å²) >= 11 is 0. The van der Waals surface area contributed by atoms with Crippen LogP contribution in [0.2, 0.25) is 0 Å². The Morgan fingerprint density at radius 3 is 2.08 bits per heavy atom. The molecule has 26 heavy (non-hydrogen) atoms. The number of ether oxygens (including phenoxy) is 2. The van der Waals surface area contributed by atoms with Crippen LogP contribution in [0.5, 0.6) is 17.5 Å². The Morgan fingerprint density at radius 2 is 1.50 bits per heavy atom. The lowest BCUT2D eigenvalue weighted by Gasteiger charge is -2.12. The molecule has 0 aliphatic heterocycles. The molecule has 3 aromatic rings. The van der Waals surface area contributed by atoms with Gasteiger partial charge in [-0.2, -0.15) is 9.97 Å². The molecule has 0 radical (unpaired) electrons. The van der Waals surface area contributed by atoms with E-state index >= 15 is 0 Å². The molecule has 1 N–H and O–H groups in total. The maximum Gasteiger partial charge on any atom is 0.322 e. The summed E-state index contributed by atoms with van der Waals surface area (Å²) in [6.45, 7) is 3.60. The van der Waals surface area contributed by atoms with Gasteiger partial charge in [-0.25, -0.2) is 0 Å². The van der Waals surface area contributed by atoms with E-state index in [1.54, 1.807) is 45.2 Å². The summed E-state index contributed by atoms with van der Waals surface area (Å²) in [4.78, 5) is 21.1. The van der Waals surface area contributed by atoms with Crippen LogP contribution >= 0.6 is 0 Å². The molecule has 0 unspecified atom stereocenters. The van der Waals surface area contributed by atoms with Crippen LogP contribution in [-0.2, 0) is 0 Å². The number of amides is 1. The lowest BCUT2D eigenvalue weighted by Crippen LogP contribution is -2.15. The van der Waals surface area contributed by atoms with Crippen molar-refractivity contribution in [3.63, 3.8) is 0 Å². The van der Waals surface area contributed by atoms with E-state index in [2.05, 4.69) is 15.3 Å². The predicted octanol–water partition coefficient (Wildman–Crippen LogP) is 4.15. The first-order chi connectivity index (χ1) is 12.6. The largest absolute Gasteiger partial charge is 0.497 e. The summed E-state index contributed by atoms with van der Waals surface area (Å²) in [5.41, 5.74) is 2.36. The topological polar surface area (TPSA) is 73.3 Å². The van der Waals surface area contributed by atoms with Crippen molar-refractivity contribution >= 4 is 11.6 Å². The maximum absolute atomic E-state index is 12.5. The van der Waals surface area contributed by atoms with E-state index < -0.39 is 0 Å². The molecular formula is C20H19N3O3. The van der Waals surface area contributed by atoms with Crippen LogP contribution in [0.3, 0.4) is 0 Å². The van der Waals surface area contributed by atoms with Crippen molar-refractivity contribution in [1.82, 2.24) is 9.97 Å². The normalized spacial score (nSPS) is 10.3. The quantitative estimate of drug-likeness (QED) is 0.749. The van der Waals surface area contributed by atoms with Gasteiger partial charge in [0.05, 0.1) is 24.2 Å². The summed E-state index contributed by atoms with van der Waals surface area (Å²) in [5.74, 6) is 1.11. The number of nitrogens with zero attached hydrogens (tertiary/aromatic N) is 2. The van der Waals surface area contributed by atoms with Gasteiger partial charge in [-0.3, -0.25) is 4.79 Å². The molecule has 0 spiro atoms. The van der Waals surface area contributed by atoms with Gasteiger partial charge in [0, 0.05) is 5.56 Å². The number of rotatable bonds is 5. The zero-order valence-corrected chi connectivity index (χ0v) is 14.8. The fourth-order valence-electron chi connectivity index (χ4n) is 2.43. The maximum atomic E-state index is 12.5. The summed E-state index contributed by atoms with van der Waals surface area (Å²) in [7, 11) is 1.58. The second-order valence-corrected chi connectivity index (χ2v) is 5.65. The highest BCUT2D eigenvalue weighted by Gasteiger charge is 2.14. The molecule has 0 aliphatic rings. The van der Waals surface area contributed by atoms with Crippen LogP contribution in [0.4, 0.5) is 5.69 Å². The van der Waals surface area contributed by atoms with Gasteiger partial charge in [0.15, 0.2) is 0 Å². The summed E-state index contributed by atoms with van der Waals surface area (Å²) in [5, 5.41) is 2.86. The lowest BCUT2D eigenvalue weighted by atomic mass is 10.2. The van der Waals surface area contributed by atoms with Crippen molar-refractivity contribution in [3.05, 3.63) is 71.5 Å². The van der Waals surface area contributed by atoms with Crippen molar-refractivity contribution in [3.8, 4) is 17.5 Å². The number of nitrogens with one attached hydrogen (secondary N) is 1. The molecule has 0 saturated heterocycles. The Bertz CT molecular complexity index is 886. The number of anilines is 1. The van der Waals surface area contributed by atoms with Crippen LogP contribution < -0.4 is 14.8 Å². The first-order valence-electron chi connectivity index (χ1n) is 8.10. The smallest absolute Gasteiger partial charge is 0.322 e. The Hall–Kier alpha value is -3.41. The second-order valence-electron chi connectivity index (χ2n) is 5.65. The number of hydrogen-bond donors (Lipinski definition) is 1. The van der Waals surface area contributed by atoms with Gasteiger partial charge < -0.3 is 14.8 Å². The Morgan fingerprint density at radius 1 is 0.885 bits per heavy atom. The van der Waals surface area contributed by atoms with Crippen LogP contribution in [-0.4, -0.2) is 23.0 Å². The highest BCUT2D eigenvalue weighted by Crippen LogP contribution is 2.24. The molecule has 0 bridgehead atoms. The Balaban J connectivity index is 1.78. The molecule has 2 aromatic carbocycles. The van der Waals surface area contributed by atoms with Gasteiger partial charge in [-0.1, -0.05) is 18.2 Å². The minimum Gasteiger partial charge on any atom is -0.497 e. The molecule has 1 heterocycles. The van der Waals surface area contributed by atoms with E-state index in [-0.39, 0.29) is 11.9 Å². The SMILES string of the molecule is COc1ccc(C(=O)Nc2c(C)nc(Oc3ccccc3)nc2C)cc1. The summed E-state index contributed by atoms with van der Waals surface area (Å²) < 4.78 is 10.8. The first kappa shape index (κ1) is 17.4. The number of methoxy groups -OCH3 is 1. The van der Waals surface area contributed by atoms with Crippen molar-refractivity contribution in [1.29, 1.82) is 0 Å². The average molecular weight is 349 g/mol. The standard InChI is InChI=1S/C20H19N3O3/c1-13-18(23-19(24)15-9-11-16(25-3)12-10-15)14(2)22-20(21-13)26-17-7-5-4-6-8-17/h4-12H,1-3H3,(H,23,24). The van der Waals surface area contributed by atoms with E-state index in [0.29, 0.717) is 34.1 Å². The first-order valence-corrected chi connectivity index (χ1v) is 8.10. The highest BCUT2D eigenvalue weighted by molar-refractivity contribution is 6.04. The van der Waals surface area contributed by atoms with E-state index in [1.165, 1.54) is 0 Å². The molecule has 0 fully saturated rings. The van der Waals surface area contributed by atoms with E-state index in [4.69, 9.17) is 9.47 Å². The number of hydrogen-bond acceptors (Lipinski definition) is 5. The van der Waals surface area contributed by atoms with E-state index in [9.17, 15) is 4.79 Å². The average Bonchev–Trinajstić information content (AvgIpc) is 2.65. The Labute approximate surface area is 151 Å². The van der Waals surface area contributed by atoms with Crippen LogP contribution in [0.15, 0.2) is 54.6 Å². The van der Waals surface area contributed by atoms with Crippen LogP contribution in [0.1, 0.15) is 21.7 Å². The molecule has 6 heteroatoms. The minimum absolute atomic E-state index is 0.237. The van der Waals surface area contributed by atoms with Gasteiger partial charge in [-0.05, 0) is 50.2 Å². The molecule has 132 valence electrons. The number of aromatic nitrogens is 2. The van der Waals surface area contributed by atoms with E-state index in [0.717, 1.165) is 0 Å². The molecule has 6 nitrogen and oxygen atoms in total. The van der Waals surface area contributed by atoms with Crippen molar-refractivity contribution in [2.75, 3.05) is 12.4 Å². The van der Waals surface area contributed by atoms with Gasteiger partial charge in [0.1, 0.15) is 11.5 Å². The second kappa shape index (κ2) is 7.65. The fourth-order valence-corrected chi connectivity index (χ4v) is 2.43. The molecular weight excluding hydrogens is 330 g/mol. The number of aryl methyl sites for hydroxylation is 2. The third-order valence-electron chi connectivity index (χ3n) is 3.79. The number of carbonyl (C=O) groups is 1. The monoisotopic (exact) mass is 349 g/mol. The van der Waals surface area contributed by atoms with Crippen LogP contribution in [0.25, 0.3) is 0 Å². The van der Waals surface area contributed by atoms with Gasteiger partial charge in [-0.15, -0.1) is 0 Å². The van der Waals surface area contributed by atoms with Gasteiger partial charge >= 0.3 is 6.01 Å². The van der Waals surface area contributed by atoms with Crippen molar-refractivity contribution in [2.24, 2.45) is 0 Å². The van der Waals surface area contributed by atoms with Gasteiger partial charge in [0.25, 0.3) is 5.91 Å². The molecule has 1 aromatic heterocycles. The van der Waals surface area contributed by atoms with Crippen molar-refractivity contribution in [2.45, 2.75) is 13.8 Å². The van der Waals surface area contributed by atoms with E-state index in [1.807, 2.05) is 30.3 Å². The fraction of sp³-hybridized carbons (Fsp3) is 0.150. The number of benzene rings is 2. The van der Waals surface area contributed by atoms with Crippen molar-refractivity contribution < 1.29 is 14.3 Å². The predicted molar refractivity (Wildman–Crippen MR) is 99.0 cm³/mol. The number of para-hydroxylation sites is 1. The molecule has 0 aliphatic carbocycles. The third kappa shape index (κ3) is 3.97. The molecule has 3 rings (SSSR count). The lowest BCUT2D eigenvalue weighted by molar-refractivity contribution is 0.102. The molecule has 0 saturated carbocycles. The Kier molecular flexibility index (Phi) is 5.12. The number of carbonyl (C=O) groups excluding carboxylic acids is 1. The zero-order valence-electron chi connectivity index (χ0n) is 14.8. The minimum atomic E-state index is -0.237. The molecule has 1 amide bonds. The highest BCUT2D eigenvalue weighted by atomic mass is 16.5. The van der Waals surface area contributed by atoms with Gasteiger partial charge in [0.2, 0.25) is 0 Å².